The van der Waals surface area contributed by atoms with E-state index in [9.17, 15) is 4.79 Å². The highest BCUT2D eigenvalue weighted by atomic mass is 16.5. The Balaban J connectivity index is 1.37. The number of hydrogen-bond donors (Lipinski definition) is 1. The molecule has 3 aromatic rings. The molecule has 0 radical (unpaired) electrons. The molecule has 1 amide bonds. The lowest BCUT2D eigenvalue weighted by Crippen LogP contribution is -2.36. The number of aromatic nitrogens is 5. The van der Waals surface area contributed by atoms with Crippen molar-refractivity contribution in [1.29, 1.82) is 0 Å². The molecule has 0 saturated carbocycles. The van der Waals surface area contributed by atoms with Gasteiger partial charge in [0.25, 0.3) is 5.78 Å². The number of pyridine rings is 1. The van der Waals surface area contributed by atoms with Crippen LogP contribution in [0.5, 0.6) is 0 Å². The minimum absolute atomic E-state index is 0.0795. The molecule has 3 aromatic heterocycles. The van der Waals surface area contributed by atoms with Crippen LogP contribution in [0.25, 0.3) is 5.78 Å². The molecule has 0 aromatic carbocycles. The van der Waals surface area contributed by atoms with Gasteiger partial charge in [0.1, 0.15) is 12.1 Å². The molecule has 4 heterocycles. The summed E-state index contributed by atoms with van der Waals surface area (Å²) in [4.78, 5) is 27.5. The summed E-state index contributed by atoms with van der Waals surface area (Å²) in [5.41, 5.74) is 3.89. The van der Waals surface area contributed by atoms with Crippen LogP contribution in [-0.2, 0) is 16.0 Å². The minimum atomic E-state index is -0.0795. The van der Waals surface area contributed by atoms with E-state index in [1.165, 1.54) is 6.33 Å². The summed E-state index contributed by atoms with van der Waals surface area (Å²) in [7, 11) is 0. The van der Waals surface area contributed by atoms with E-state index in [1.54, 1.807) is 10.7 Å². The fraction of sp³-hybridized carbons (Fsp3) is 0.421. The highest BCUT2D eigenvalue weighted by molar-refractivity contribution is 5.90. The van der Waals surface area contributed by atoms with Crippen LogP contribution in [0, 0.1) is 13.8 Å². The van der Waals surface area contributed by atoms with Gasteiger partial charge in [-0.2, -0.15) is 10.1 Å². The number of hydrogen-bond acceptors (Lipinski definition) is 7. The van der Waals surface area contributed by atoms with Crippen molar-refractivity contribution in [3.05, 3.63) is 41.6 Å². The van der Waals surface area contributed by atoms with Crippen molar-refractivity contribution in [2.24, 2.45) is 0 Å². The second-order valence-corrected chi connectivity index (χ2v) is 6.78. The fourth-order valence-electron chi connectivity index (χ4n) is 3.43. The molecule has 4 rings (SSSR count). The van der Waals surface area contributed by atoms with Gasteiger partial charge in [-0.05, 0) is 38.0 Å². The summed E-state index contributed by atoms with van der Waals surface area (Å²) < 4.78 is 7.06. The van der Waals surface area contributed by atoms with Crippen LogP contribution in [0.3, 0.4) is 0 Å². The third kappa shape index (κ3) is 3.79. The standard InChI is InChI=1S/C19H23N7O2/c1-13-16(14(2)26-19(23-13)21-12-22-26)4-6-18(27)24-17-5-3-15(11-20-17)25-7-9-28-10-8-25/h3,5,11-12H,4,6-10H2,1-2H3,(H,20,24,27). The maximum Gasteiger partial charge on any atom is 0.252 e. The molecule has 146 valence electrons. The Morgan fingerprint density at radius 1 is 1.21 bits per heavy atom. The summed E-state index contributed by atoms with van der Waals surface area (Å²) in [5.74, 6) is 1.05. The molecular weight excluding hydrogens is 358 g/mol. The average Bonchev–Trinajstić information content (AvgIpc) is 3.17. The zero-order chi connectivity index (χ0) is 19.5. The number of ether oxygens (including phenoxy) is 1. The van der Waals surface area contributed by atoms with Gasteiger partial charge >= 0.3 is 0 Å². The molecule has 9 nitrogen and oxygen atoms in total. The van der Waals surface area contributed by atoms with E-state index >= 15 is 0 Å². The second kappa shape index (κ2) is 7.89. The van der Waals surface area contributed by atoms with Crippen molar-refractivity contribution < 1.29 is 9.53 Å². The van der Waals surface area contributed by atoms with Gasteiger partial charge in [-0.3, -0.25) is 4.79 Å². The predicted octanol–water partition coefficient (Wildman–Crippen LogP) is 1.54. The van der Waals surface area contributed by atoms with Crippen molar-refractivity contribution >= 4 is 23.2 Å². The van der Waals surface area contributed by atoms with Crippen molar-refractivity contribution in [3.8, 4) is 0 Å². The van der Waals surface area contributed by atoms with Crippen molar-refractivity contribution in [2.75, 3.05) is 36.5 Å². The molecule has 1 aliphatic rings. The van der Waals surface area contributed by atoms with Crippen LogP contribution in [0.4, 0.5) is 11.5 Å². The molecular formula is C19H23N7O2. The number of rotatable bonds is 5. The molecule has 0 bridgehead atoms. The predicted molar refractivity (Wildman–Crippen MR) is 104 cm³/mol. The first kappa shape index (κ1) is 18.3. The first-order valence-electron chi connectivity index (χ1n) is 9.36. The zero-order valence-electron chi connectivity index (χ0n) is 16.1. The van der Waals surface area contributed by atoms with Crippen LogP contribution < -0.4 is 10.2 Å². The number of morpholine rings is 1. The normalized spacial score (nSPS) is 14.4. The minimum Gasteiger partial charge on any atom is -0.378 e. The Hall–Kier alpha value is -3.07. The number of nitrogens with one attached hydrogen (secondary N) is 1. The molecule has 1 fully saturated rings. The van der Waals surface area contributed by atoms with Gasteiger partial charge in [0.2, 0.25) is 5.91 Å². The number of amides is 1. The molecule has 0 aliphatic carbocycles. The molecule has 0 spiro atoms. The number of fused-ring (bicyclic) bond motifs is 1. The molecule has 1 aliphatic heterocycles. The van der Waals surface area contributed by atoms with Gasteiger partial charge in [-0.15, -0.1) is 0 Å². The maximum absolute atomic E-state index is 12.4. The Bertz CT molecular complexity index is 978. The van der Waals surface area contributed by atoms with E-state index in [-0.39, 0.29) is 5.91 Å². The average molecular weight is 381 g/mol. The molecule has 0 atom stereocenters. The number of carbonyl (C=O) groups excluding carboxylic acids is 1. The third-order valence-corrected chi connectivity index (χ3v) is 4.98. The molecule has 9 heteroatoms. The third-order valence-electron chi connectivity index (χ3n) is 4.98. The highest BCUT2D eigenvalue weighted by Gasteiger charge is 2.14. The van der Waals surface area contributed by atoms with E-state index in [4.69, 9.17) is 4.74 Å². The fourth-order valence-corrected chi connectivity index (χ4v) is 3.43. The monoisotopic (exact) mass is 381 g/mol. The van der Waals surface area contributed by atoms with Gasteiger partial charge < -0.3 is 15.0 Å². The van der Waals surface area contributed by atoms with Crippen LogP contribution >= 0.6 is 0 Å². The summed E-state index contributed by atoms with van der Waals surface area (Å²) in [6.45, 7) is 7.07. The zero-order valence-corrected chi connectivity index (χ0v) is 16.1. The Morgan fingerprint density at radius 2 is 2.04 bits per heavy atom. The highest BCUT2D eigenvalue weighted by Crippen LogP contribution is 2.18. The van der Waals surface area contributed by atoms with Crippen LogP contribution in [0.15, 0.2) is 24.7 Å². The number of carbonyl (C=O) groups is 1. The topological polar surface area (TPSA) is 97.5 Å². The second-order valence-electron chi connectivity index (χ2n) is 6.78. The number of nitrogens with zero attached hydrogens (tertiary/aromatic N) is 6. The van der Waals surface area contributed by atoms with Gasteiger partial charge in [0.05, 0.1) is 25.1 Å². The van der Waals surface area contributed by atoms with Crippen LogP contribution in [0.1, 0.15) is 23.4 Å². The summed E-state index contributed by atoms with van der Waals surface area (Å²) in [6, 6.07) is 3.81. The van der Waals surface area contributed by atoms with E-state index < -0.39 is 0 Å². The number of aryl methyl sites for hydroxylation is 2. The van der Waals surface area contributed by atoms with Crippen LogP contribution in [-0.4, -0.2) is 56.8 Å². The van der Waals surface area contributed by atoms with Crippen molar-refractivity contribution in [3.63, 3.8) is 0 Å². The van der Waals surface area contributed by atoms with E-state index in [1.807, 2.05) is 26.0 Å². The maximum atomic E-state index is 12.4. The van der Waals surface area contributed by atoms with Gasteiger partial charge in [-0.1, -0.05) is 0 Å². The summed E-state index contributed by atoms with van der Waals surface area (Å²) in [6.07, 6.45) is 4.20. The van der Waals surface area contributed by atoms with Gasteiger partial charge in [0.15, 0.2) is 0 Å². The Kier molecular flexibility index (Phi) is 5.16. The number of anilines is 2. The lowest BCUT2D eigenvalue weighted by molar-refractivity contribution is -0.116. The largest absolute Gasteiger partial charge is 0.378 e. The van der Waals surface area contributed by atoms with Crippen LogP contribution in [0.2, 0.25) is 0 Å². The van der Waals surface area contributed by atoms with Gasteiger partial charge in [-0.25, -0.2) is 14.5 Å². The van der Waals surface area contributed by atoms with Gasteiger partial charge in [0, 0.05) is 30.9 Å². The van der Waals surface area contributed by atoms with Crippen molar-refractivity contribution in [1.82, 2.24) is 24.6 Å². The molecule has 1 saturated heterocycles. The Labute approximate surface area is 162 Å². The SMILES string of the molecule is Cc1nc2ncnn2c(C)c1CCC(=O)Nc1ccc(N2CCOCC2)cn1. The quantitative estimate of drug-likeness (QED) is 0.716. The van der Waals surface area contributed by atoms with E-state index in [0.717, 1.165) is 48.9 Å². The lowest BCUT2D eigenvalue weighted by Gasteiger charge is -2.28. The Morgan fingerprint density at radius 3 is 2.79 bits per heavy atom. The van der Waals surface area contributed by atoms with E-state index in [2.05, 4.69) is 30.3 Å². The summed E-state index contributed by atoms with van der Waals surface area (Å²) in [5, 5.41) is 7.05. The molecule has 28 heavy (non-hydrogen) atoms. The molecule has 0 unspecified atom stereocenters. The van der Waals surface area contributed by atoms with Crippen molar-refractivity contribution in [2.45, 2.75) is 26.7 Å². The first-order valence-corrected chi connectivity index (χ1v) is 9.36. The van der Waals surface area contributed by atoms with E-state index in [0.29, 0.717) is 24.4 Å². The lowest BCUT2D eigenvalue weighted by atomic mass is 10.1. The molecule has 1 N–H and O–H groups in total. The smallest absolute Gasteiger partial charge is 0.252 e. The summed E-state index contributed by atoms with van der Waals surface area (Å²) >= 11 is 0. The first-order chi connectivity index (χ1) is 13.6.